The first-order valence-electron chi connectivity index (χ1n) is 6.65. The van der Waals surface area contributed by atoms with Crippen LogP contribution < -0.4 is 0 Å². The van der Waals surface area contributed by atoms with Gasteiger partial charge in [0.15, 0.2) is 5.82 Å². The highest BCUT2D eigenvalue weighted by atomic mass is 16.5. The van der Waals surface area contributed by atoms with Crippen LogP contribution in [0.5, 0.6) is 0 Å². The molecule has 0 atom stereocenters. The Kier molecular flexibility index (Phi) is 7.42. The highest BCUT2D eigenvalue weighted by Crippen LogP contribution is 2.07. The number of hydrogen-bond donors (Lipinski definition) is 0. The second kappa shape index (κ2) is 9.41. The minimum Gasteiger partial charge on any atom is -0.466 e. The van der Waals surface area contributed by atoms with E-state index in [1.54, 1.807) is 38.2 Å². The van der Waals surface area contributed by atoms with Crippen molar-refractivity contribution in [1.29, 1.82) is 0 Å². The monoisotopic (exact) mass is 290 g/mol. The molecule has 21 heavy (non-hydrogen) atoms. The molecule has 1 aromatic heterocycles. The van der Waals surface area contributed by atoms with Crippen molar-refractivity contribution in [3.05, 3.63) is 36.0 Å². The number of nitrogens with zero attached hydrogens (tertiary/aromatic N) is 2. The van der Waals surface area contributed by atoms with Crippen LogP contribution in [-0.4, -0.2) is 36.4 Å². The van der Waals surface area contributed by atoms with Gasteiger partial charge >= 0.3 is 11.9 Å². The maximum absolute atomic E-state index is 11.8. The molecule has 0 radical (unpaired) electrons. The Balaban J connectivity index is 2.82. The first kappa shape index (κ1) is 16.6. The van der Waals surface area contributed by atoms with Crippen molar-refractivity contribution in [2.24, 2.45) is 4.99 Å². The molecule has 0 unspecified atom stereocenters. The average Bonchev–Trinajstić information content (AvgIpc) is 2.48. The van der Waals surface area contributed by atoms with Gasteiger partial charge in [0.2, 0.25) is 0 Å². The lowest BCUT2D eigenvalue weighted by molar-refractivity contribution is -0.142. The van der Waals surface area contributed by atoms with Crippen LogP contribution >= 0.6 is 0 Å². The van der Waals surface area contributed by atoms with Crippen molar-refractivity contribution in [2.45, 2.75) is 20.3 Å². The molecule has 0 aliphatic rings. The van der Waals surface area contributed by atoms with Crippen molar-refractivity contribution in [1.82, 2.24) is 4.98 Å². The molecule has 0 bridgehead atoms. The lowest BCUT2D eigenvalue weighted by atomic mass is 10.2. The van der Waals surface area contributed by atoms with E-state index in [0.29, 0.717) is 12.4 Å². The van der Waals surface area contributed by atoms with Gasteiger partial charge in [-0.15, -0.1) is 0 Å². The summed E-state index contributed by atoms with van der Waals surface area (Å²) in [4.78, 5) is 31.2. The number of hydrogen-bond acceptors (Lipinski definition) is 6. The predicted molar refractivity (Wildman–Crippen MR) is 78.4 cm³/mol. The quantitative estimate of drug-likeness (QED) is 0.437. The van der Waals surface area contributed by atoms with Crippen LogP contribution in [0.15, 0.2) is 41.0 Å². The first-order chi connectivity index (χ1) is 10.2. The fourth-order valence-electron chi connectivity index (χ4n) is 1.38. The van der Waals surface area contributed by atoms with Gasteiger partial charge in [-0.3, -0.25) is 4.79 Å². The Morgan fingerprint density at radius 1 is 1.24 bits per heavy atom. The average molecular weight is 290 g/mol. The van der Waals surface area contributed by atoms with Gasteiger partial charge in [0.1, 0.15) is 0 Å². The highest BCUT2D eigenvalue weighted by Gasteiger charge is 2.09. The largest absolute Gasteiger partial charge is 0.466 e. The Hall–Kier alpha value is -2.50. The number of ether oxygens (including phenoxy) is 2. The number of esters is 2. The Morgan fingerprint density at radius 2 is 2.00 bits per heavy atom. The minimum absolute atomic E-state index is 0.0176. The summed E-state index contributed by atoms with van der Waals surface area (Å²) in [5.74, 6) is -0.490. The third kappa shape index (κ3) is 6.47. The van der Waals surface area contributed by atoms with Crippen LogP contribution in [0, 0.1) is 0 Å². The molecule has 1 heterocycles. The van der Waals surface area contributed by atoms with E-state index in [4.69, 9.17) is 9.47 Å². The summed E-state index contributed by atoms with van der Waals surface area (Å²) in [6.07, 6.45) is 4.34. The molecule has 112 valence electrons. The van der Waals surface area contributed by atoms with Crippen molar-refractivity contribution < 1.29 is 19.1 Å². The SMILES string of the molecule is CCOC(=O)C/C=C(\C=N/c1ccccn1)C(=O)OCC. The van der Waals surface area contributed by atoms with Gasteiger partial charge in [-0.25, -0.2) is 14.8 Å². The van der Waals surface area contributed by atoms with E-state index < -0.39 is 11.9 Å². The summed E-state index contributed by atoms with van der Waals surface area (Å²) in [5.41, 5.74) is 0.190. The fraction of sp³-hybridized carbons (Fsp3) is 0.333. The molecule has 0 saturated carbocycles. The van der Waals surface area contributed by atoms with Crippen LogP contribution in [0.25, 0.3) is 0 Å². The maximum atomic E-state index is 11.8. The van der Waals surface area contributed by atoms with Crippen LogP contribution in [0.4, 0.5) is 5.82 Å². The van der Waals surface area contributed by atoms with E-state index in [9.17, 15) is 9.59 Å². The standard InChI is InChI=1S/C15H18N2O4/c1-3-20-14(18)9-8-12(15(19)21-4-2)11-17-13-7-5-6-10-16-13/h5-8,10-11H,3-4,9H2,1-2H3/b12-8+,17-11-. The molecule has 0 spiro atoms. The summed E-state index contributed by atoms with van der Waals surface area (Å²) in [7, 11) is 0. The van der Waals surface area contributed by atoms with Crippen molar-refractivity contribution in [2.75, 3.05) is 13.2 Å². The van der Waals surface area contributed by atoms with Crippen LogP contribution in [-0.2, 0) is 19.1 Å². The molecule has 0 fully saturated rings. The van der Waals surface area contributed by atoms with Crippen LogP contribution in [0.1, 0.15) is 20.3 Å². The lowest BCUT2D eigenvalue weighted by Crippen LogP contribution is -2.10. The topological polar surface area (TPSA) is 77.9 Å². The highest BCUT2D eigenvalue weighted by molar-refractivity contribution is 6.10. The van der Waals surface area contributed by atoms with E-state index >= 15 is 0 Å². The molecule has 0 saturated heterocycles. The van der Waals surface area contributed by atoms with Crippen LogP contribution in [0.3, 0.4) is 0 Å². The zero-order chi connectivity index (χ0) is 15.5. The zero-order valence-corrected chi connectivity index (χ0v) is 12.1. The van der Waals surface area contributed by atoms with E-state index in [-0.39, 0.29) is 18.6 Å². The second-order valence-electron chi connectivity index (χ2n) is 3.84. The lowest BCUT2D eigenvalue weighted by Gasteiger charge is -2.02. The number of carbonyl (C=O) groups is 2. The Morgan fingerprint density at radius 3 is 2.62 bits per heavy atom. The molecular weight excluding hydrogens is 272 g/mol. The number of carbonyl (C=O) groups excluding carboxylic acids is 2. The number of aromatic nitrogens is 1. The van der Waals surface area contributed by atoms with Crippen molar-refractivity contribution >= 4 is 24.0 Å². The molecule has 1 rings (SSSR count). The third-order valence-corrected chi connectivity index (χ3v) is 2.29. The second-order valence-corrected chi connectivity index (χ2v) is 3.84. The van der Waals surface area contributed by atoms with Crippen LogP contribution in [0.2, 0.25) is 0 Å². The minimum atomic E-state index is -0.540. The van der Waals surface area contributed by atoms with Gasteiger partial charge in [0, 0.05) is 12.4 Å². The van der Waals surface area contributed by atoms with Crippen molar-refractivity contribution in [3.8, 4) is 0 Å². The molecule has 0 amide bonds. The molecule has 0 aliphatic heterocycles. The Bertz CT molecular complexity index is 524. The van der Waals surface area contributed by atoms with Gasteiger partial charge in [-0.1, -0.05) is 12.1 Å². The molecular formula is C15H18N2O4. The third-order valence-electron chi connectivity index (χ3n) is 2.29. The van der Waals surface area contributed by atoms with E-state index in [2.05, 4.69) is 9.98 Å². The van der Waals surface area contributed by atoms with E-state index in [1.165, 1.54) is 12.3 Å². The maximum Gasteiger partial charge on any atom is 0.339 e. The number of aliphatic imine (C=N–C) groups is 1. The zero-order valence-electron chi connectivity index (χ0n) is 12.1. The molecule has 1 aromatic rings. The van der Waals surface area contributed by atoms with Crippen molar-refractivity contribution in [3.63, 3.8) is 0 Å². The van der Waals surface area contributed by atoms with E-state index in [1.807, 2.05) is 0 Å². The molecule has 0 aromatic carbocycles. The fourth-order valence-corrected chi connectivity index (χ4v) is 1.38. The molecule has 6 heteroatoms. The summed E-state index contributed by atoms with van der Waals surface area (Å²) in [5, 5.41) is 0. The smallest absolute Gasteiger partial charge is 0.339 e. The normalized spacial score (nSPS) is 11.4. The predicted octanol–water partition coefficient (Wildman–Crippen LogP) is 2.23. The molecule has 0 aliphatic carbocycles. The Labute approximate surface area is 123 Å². The van der Waals surface area contributed by atoms with Gasteiger partial charge in [0.05, 0.1) is 25.2 Å². The van der Waals surface area contributed by atoms with Gasteiger partial charge in [0.25, 0.3) is 0 Å². The van der Waals surface area contributed by atoms with Gasteiger partial charge < -0.3 is 9.47 Å². The summed E-state index contributed by atoms with van der Waals surface area (Å²) in [6.45, 7) is 3.96. The first-order valence-corrected chi connectivity index (χ1v) is 6.65. The molecule has 6 nitrogen and oxygen atoms in total. The van der Waals surface area contributed by atoms with E-state index in [0.717, 1.165) is 0 Å². The summed E-state index contributed by atoms with van der Waals surface area (Å²) in [6, 6.07) is 5.25. The van der Waals surface area contributed by atoms with Gasteiger partial charge in [-0.05, 0) is 26.0 Å². The number of rotatable bonds is 7. The number of pyridine rings is 1. The summed E-state index contributed by atoms with van der Waals surface area (Å²) < 4.78 is 9.72. The molecule has 0 N–H and O–H groups in total. The summed E-state index contributed by atoms with van der Waals surface area (Å²) >= 11 is 0. The van der Waals surface area contributed by atoms with Gasteiger partial charge in [-0.2, -0.15) is 0 Å².